The number of hydrogen-bond donors (Lipinski definition) is 2. The van der Waals surface area contributed by atoms with Crippen molar-refractivity contribution in [2.45, 2.75) is 64.1 Å². The van der Waals surface area contributed by atoms with Crippen LogP contribution in [-0.4, -0.2) is 32.0 Å². The molecule has 0 bridgehead atoms. The first-order valence-electron chi connectivity index (χ1n) is 12.6. The normalized spacial score (nSPS) is 20.1. The Bertz CT molecular complexity index is 1250. The lowest BCUT2D eigenvalue weighted by Gasteiger charge is -2.28. The number of nitrogens with zero attached hydrogens (tertiary/aromatic N) is 3. The van der Waals surface area contributed by atoms with Gasteiger partial charge in [-0.2, -0.15) is 0 Å². The number of halogens is 1. The fourth-order valence-corrected chi connectivity index (χ4v) is 6.14. The molecule has 188 valence electrons. The van der Waals surface area contributed by atoms with Gasteiger partial charge >= 0.3 is 0 Å². The molecule has 36 heavy (non-hydrogen) atoms. The van der Waals surface area contributed by atoms with E-state index < -0.39 is 5.82 Å². The minimum Gasteiger partial charge on any atom is -0.352 e. The number of rotatable bonds is 7. The Morgan fingerprint density at radius 3 is 2.64 bits per heavy atom. The molecule has 8 heteroatoms. The Morgan fingerprint density at radius 2 is 1.92 bits per heavy atom. The standard InChI is InChI=1S/C28H32FN5OS/c1-18-17-21(19(2)34(18)20-9-3-4-10-20)27-26(24-13-7-8-15-30-24)32-28(36)33(27)16-14-25(35)31-23-12-6-5-11-22(23)29/h5-8,11-13,15,17,20,26-27H,3-4,9-10,14,16H2,1-2H3,(H,31,35)(H,32,36). The van der Waals surface area contributed by atoms with E-state index in [0.717, 1.165) is 5.69 Å². The van der Waals surface area contributed by atoms with Crippen molar-refractivity contribution in [3.8, 4) is 0 Å². The maximum Gasteiger partial charge on any atom is 0.226 e. The monoisotopic (exact) mass is 505 g/mol. The van der Waals surface area contributed by atoms with Gasteiger partial charge in [0.05, 0.1) is 23.5 Å². The number of pyridine rings is 1. The first-order chi connectivity index (χ1) is 17.4. The number of carbonyl (C=O) groups excluding carboxylic acids is 1. The molecule has 2 N–H and O–H groups in total. The molecule has 2 unspecified atom stereocenters. The molecule has 0 spiro atoms. The molecule has 5 rings (SSSR count). The predicted octanol–water partition coefficient (Wildman–Crippen LogP) is 5.76. The lowest BCUT2D eigenvalue weighted by Crippen LogP contribution is -2.33. The molecule has 1 aliphatic heterocycles. The van der Waals surface area contributed by atoms with Gasteiger partial charge in [-0.3, -0.25) is 9.78 Å². The summed E-state index contributed by atoms with van der Waals surface area (Å²) >= 11 is 5.78. The number of hydrogen-bond acceptors (Lipinski definition) is 3. The summed E-state index contributed by atoms with van der Waals surface area (Å²) in [5.41, 5.74) is 4.81. The Morgan fingerprint density at radius 1 is 1.17 bits per heavy atom. The van der Waals surface area contributed by atoms with Gasteiger partial charge in [0.2, 0.25) is 5.91 Å². The highest BCUT2D eigenvalue weighted by Crippen LogP contribution is 2.43. The van der Waals surface area contributed by atoms with Crippen molar-refractivity contribution >= 4 is 28.9 Å². The van der Waals surface area contributed by atoms with E-state index in [1.807, 2.05) is 18.2 Å². The molecule has 1 saturated heterocycles. The number of amides is 1. The van der Waals surface area contributed by atoms with E-state index in [-0.39, 0.29) is 30.1 Å². The quantitative estimate of drug-likeness (QED) is 0.400. The number of benzene rings is 1. The zero-order valence-corrected chi connectivity index (χ0v) is 21.5. The minimum absolute atomic E-state index is 0.102. The average molecular weight is 506 g/mol. The third-order valence-corrected chi connectivity index (χ3v) is 7.81. The van der Waals surface area contributed by atoms with E-state index in [2.05, 4.69) is 45.0 Å². The van der Waals surface area contributed by atoms with Crippen LogP contribution in [0.1, 0.15) is 72.9 Å². The highest BCUT2D eigenvalue weighted by molar-refractivity contribution is 7.80. The zero-order chi connectivity index (χ0) is 25.2. The number of carbonyl (C=O) groups is 1. The summed E-state index contributed by atoms with van der Waals surface area (Å²) in [6.45, 7) is 4.78. The van der Waals surface area contributed by atoms with Gasteiger partial charge in [0.15, 0.2) is 5.11 Å². The minimum atomic E-state index is -0.448. The molecule has 6 nitrogen and oxygen atoms in total. The number of nitrogens with one attached hydrogen (secondary N) is 2. The van der Waals surface area contributed by atoms with Gasteiger partial charge in [-0.1, -0.05) is 31.0 Å². The Kier molecular flexibility index (Phi) is 7.05. The van der Waals surface area contributed by atoms with Crippen molar-refractivity contribution in [3.63, 3.8) is 0 Å². The molecule has 1 saturated carbocycles. The van der Waals surface area contributed by atoms with Gasteiger partial charge in [-0.05, 0) is 74.8 Å². The lowest BCUT2D eigenvalue weighted by atomic mass is 9.96. The van der Waals surface area contributed by atoms with Crippen molar-refractivity contribution in [1.82, 2.24) is 19.8 Å². The first-order valence-corrected chi connectivity index (χ1v) is 13.1. The smallest absolute Gasteiger partial charge is 0.226 e. The van der Waals surface area contributed by atoms with Crippen LogP contribution in [0, 0.1) is 19.7 Å². The van der Waals surface area contributed by atoms with Crippen LogP contribution in [0.25, 0.3) is 0 Å². The van der Waals surface area contributed by atoms with Gasteiger partial charge in [0, 0.05) is 36.6 Å². The SMILES string of the molecule is Cc1cc(C2C(c3ccccn3)NC(=S)N2CCC(=O)Nc2ccccc2F)c(C)n1C1CCCC1. The van der Waals surface area contributed by atoms with E-state index in [4.69, 9.17) is 12.2 Å². The summed E-state index contributed by atoms with van der Waals surface area (Å²) in [6, 6.07) is 14.7. The third kappa shape index (κ3) is 4.74. The van der Waals surface area contributed by atoms with E-state index in [0.29, 0.717) is 17.7 Å². The summed E-state index contributed by atoms with van der Waals surface area (Å²) in [5.74, 6) is -0.698. The summed E-state index contributed by atoms with van der Waals surface area (Å²) in [4.78, 5) is 19.5. The van der Waals surface area contributed by atoms with Crippen molar-refractivity contribution in [2.75, 3.05) is 11.9 Å². The number of aryl methyl sites for hydroxylation is 1. The van der Waals surface area contributed by atoms with Gasteiger partial charge in [-0.15, -0.1) is 0 Å². The number of anilines is 1. The van der Waals surface area contributed by atoms with Gasteiger partial charge in [0.25, 0.3) is 0 Å². The van der Waals surface area contributed by atoms with Crippen molar-refractivity contribution < 1.29 is 9.18 Å². The van der Waals surface area contributed by atoms with Gasteiger partial charge in [0.1, 0.15) is 5.82 Å². The molecule has 2 fully saturated rings. The average Bonchev–Trinajstić information content (AvgIpc) is 3.58. The molecule has 1 aliphatic carbocycles. The summed E-state index contributed by atoms with van der Waals surface area (Å²) in [7, 11) is 0. The highest BCUT2D eigenvalue weighted by atomic mass is 32.1. The molecule has 2 atom stereocenters. The topological polar surface area (TPSA) is 62.2 Å². The van der Waals surface area contributed by atoms with Crippen molar-refractivity contribution in [2.24, 2.45) is 0 Å². The summed E-state index contributed by atoms with van der Waals surface area (Å²) < 4.78 is 16.5. The van der Waals surface area contributed by atoms with Crippen LogP contribution in [0.5, 0.6) is 0 Å². The molecule has 2 aromatic heterocycles. The van der Waals surface area contributed by atoms with E-state index in [1.165, 1.54) is 48.7 Å². The van der Waals surface area contributed by atoms with Crippen LogP contribution in [0.4, 0.5) is 10.1 Å². The van der Waals surface area contributed by atoms with Crippen molar-refractivity contribution in [1.29, 1.82) is 0 Å². The molecule has 2 aliphatic rings. The zero-order valence-electron chi connectivity index (χ0n) is 20.7. The fourth-order valence-electron chi connectivity index (χ4n) is 5.81. The largest absolute Gasteiger partial charge is 0.352 e. The Labute approximate surface area is 216 Å². The van der Waals surface area contributed by atoms with E-state index in [1.54, 1.807) is 24.4 Å². The number of thiocarbonyl (C=S) groups is 1. The molecule has 1 amide bonds. The van der Waals surface area contributed by atoms with Crippen LogP contribution in [-0.2, 0) is 4.79 Å². The Balaban J connectivity index is 1.43. The Hall–Kier alpha value is -3.26. The van der Waals surface area contributed by atoms with Crippen molar-refractivity contribution in [3.05, 3.63) is 83.2 Å². The van der Waals surface area contributed by atoms with E-state index >= 15 is 0 Å². The third-order valence-electron chi connectivity index (χ3n) is 7.46. The van der Waals surface area contributed by atoms with Crippen LogP contribution in [0.2, 0.25) is 0 Å². The van der Waals surface area contributed by atoms with Crippen LogP contribution >= 0.6 is 12.2 Å². The second-order valence-corrected chi connectivity index (χ2v) is 10.1. The highest BCUT2D eigenvalue weighted by Gasteiger charge is 2.41. The van der Waals surface area contributed by atoms with Crippen LogP contribution in [0.15, 0.2) is 54.7 Å². The molecular weight excluding hydrogens is 473 g/mol. The first kappa shape index (κ1) is 24.4. The molecule has 3 heterocycles. The summed E-state index contributed by atoms with van der Waals surface area (Å²) in [5, 5.41) is 6.76. The van der Waals surface area contributed by atoms with Crippen LogP contribution < -0.4 is 10.6 Å². The number of para-hydroxylation sites is 1. The molecule has 1 aromatic carbocycles. The van der Waals surface area contributed by atoms with E-state index in [9.17, 15) is 9.18 Å². The number of aromatic nitrogens is 2. The maximum atomic E-state index is 14.0. The molecule has 0 radical (unpaired) electrons. The predicted molar refractivity (Wildman–Crippen MR) is 143 cm³/mol. The second kappa shape index (κ2) is 10.4. The van der Waals surface area contributed by atoms with Gasteiger partial charge in [-0.25, -0.2) is 4.39 Å². The molecule has 3 aromatic rings. The van der Waals surface area contributed by atoms with Gasteiger partial charge < -0.3 is 20.1 Å². The summed E-state index contributed by atoms with van der Waals surface area (Å²) in [6.07, 6.45) is 6.94. The second-order valence-electron chi connectivity index (χ2n) is 9.73. The lowest BCUT2D eigenvalue weighted by molar-refractivity contribution is -0.116. The van der Waals surface area contributed by atoms with Crippen LogP contribution in [0.3, 0.4) is 0 Å². The fraction of sp³-hybridized carbons (Fsp3) is 0.393. The maximum absolute atomic E-state index is 14.0. The molecular formula is C28H32FN5OS.